The maximum atomic E-state index is 12.1. The molecule has 1 atom stereocenters. The third-order valence-corrected chi connectivity index (χ3v) is 5.58. The topological polar surface area (TPSA) is 122 Å². The molecule has 2 aromatic heterocycles. The smallest absolute Gasteiger partial charge is 0.242 e. The molecule has 1 aromatic carbocycles. The van der Waals surface area contributed by atoms with Gasteiger partial charge in [0.1, 0.15) is 12.1 Å². The number of nitrogens with zero attached hydrogens (tertiary/aromatic N) is 4. The number of aliphatic hydroxyl groups is 1. The quantitative estimate of drug-likeness (QED) is 0.517. The number of anilines is 2. The zero-order chi connectivity index (χ0) is 20.3. The van der Waals surface area contributed by atoms with Crippen molar-refractivity contribution in [2.75, 3.05) is 5.32 Å². The minimum absolute atomic E-state index is 0.0518. The number of aryl methyl sites for hydroxylation is 1. The Balaban J connectivity index is 1.81. The molecule has 0 saturated heterocycles. The Labute approximate surface area is 163 Å². The number of benzene rings is 1. The zero-order valence-corrected chi connectivity index (χ0v) is 16.6. The van der Waals surface area contributed by atoms with Crippen molar-refractivity contribution in [3.63, 3.8) is 0 Å². The Morgan fingerprint density at radius 3 is 2.54 bits per heavy atom. The number of hydrogen-bond donors (Lipinski definition) is 3. The Hall–Kier alpha value is -2.82. The van der Waals surface area contributed by atoms with Crippen LogP contribution in [0.25, 0.3) is 11.4 Å². The van der Waals surface area contributed by atoms with E-state index in [9.17, 15) is 13.5 Å². The van der Waals surface area contributed by atoms with E-state index >= 15 is 0 Å². The van der Waals surface area contributed by atoms with Gasteiger partial charge in [-0.25, -0.2) is 23.4 Å². The van der Waals surface area contributed by atoms with Gasteiger partial charge in [0.05, 0.1) is 22.5 Å². The van der Waals surface area contributed by atoms with Crippen LogP contribution in [-0.4, -0.2) is 39.3 Å². The fourth-order valence-corrected chi connectivity index (χ4v) is 3.85. The number of aliphatic hydroxyl groups excluding tert-OH is 1. The highest BCUT2D eigenvalue weighted by Gasteiger charge is 2.16. The Morgan fingerprint density at radius 1 is 1.18 bits per heavy atom. The lowest BCUT2D eigenvalue weighted by molar-refractivity contribution is 0.184. The third kappa shape index (κ3) is 4.35. The van der Waals surface area contributed by atoms with E-state index in [-0.39, 0.29) is 4.90 Å². The molecular formula is C18H22N6O3S. The lowest BCUT2D eigenvalue weighted by Gasteiger charge is -2.11. The summed E-state index contributed by atoms with van der Waals surface area (Å²) in [5.41, 5.74) is 2.27. The normalized spacial score (nSPS) is 12.7. The Morgan fingerprint density at radius 2 is 1.89 bits per heavy atom. The van der Waals surface area contributed by atoms with Gasteiger partial charge in [-0.15, -0.1) is 0 Å². The molecule has 0 amide bonds. The summed E-state index contributed by atoms with van der Waals surface area (Å²) in [5, 5.41) is 12.3. The minimum atomic E-state index is -3.77. The molecule has 0 saturated carbocycles. The van der Waals surface area contributed by atoms with Gasteiger partial charge in [0, 0.05) is 18.4 Å². The number of nitrogens with one attached hydrogen (secondary N) is 2. The second-order valence-corrected chi connectivity index (χ2v) is 7.86. The van der Waals surface area contributed by atoms with Gasteiger partial charge in [-0.3, -0.25) is 0 Å². The van der Waals surface area contributed by atoms with Crippen molar-refractivity contribution in [3.8, 4) is 11.4 Å². The summed E-state index contributed by atoms with van der Waals surface area (Å²) in [6, 6.07) is 7.89. The highest BCUT2D eigenvalue weighted by molar-refractivity contribution is 7.89. The first kappa shape index (κ1) is 19.9. The largest absolute Gasteiger partial charge is 0.378 e. The second kappa shape index (κ2) is 8.05. The van der Waals surface area contributed by atoms with E-state index < -0.39 is 16.3 Å². The summed E-state index contributed by atoms with van der Waals surface area (Å²) in [6.45, 7) is 6.10. The van der Waals surface area contributed by atoms with E-state index in [1.165, 1.54) is 19.1 Å². The number of aromatic nitrogens is 4. The van der Waals surface area contributed by atoms with Crippen LogP contribution in [-0.2, 0) is 16.6 Å². The third-order valence-electron chi connectivity index (χ3n) is 4.04. The molecule has 0 aliphatic rings. The number of hydrogen-bond acceptors (Lipinski definition) is 7. The van der Waals surface area contributed by atoms with Crippen LogP contribution in [0.2, 0.25) is 0 Å². The highest BCUT2D eigenvalue weighted by atomic mass is 32.2. The predicted octanol–water partition coefficient (Wildman–Crippen LogP) is 2.03. The van der Waals surface area contributed by atoms with Gasteiger partial charge in [-0.2, -0.15) is 4.72 Å². The molecule has 2 heterocycles. The number of rotatable bonds is 7. The SMILES string of the molecule is CCn1c(-c2ccnc(Nc3ccc(S(=O)(=O)NC(C)O)cc3)n2)cnc1C. The van der Waals surface area contributed by atoms with E-state index in [0.29, 0.717) is 11.6 Å². The van der Waals surface area contributed by atoms with E-state index in [2.05, 4.69) is 29.6 Å². The predicted molar refractivity (Wildman–Crippen MR) is 105 cm³/mol. The van der Waals surface area contributed by atoms with Crippen LogP contribution in [0.5, 0.6) is 0 Å². The molecule has 3 N–H and O–H groups in total. The molecule has 0 aliphatic carbocycles. The average Bonchev–Trinajstić information content (AvgIpc) is 3.02. The molecule has 3 rings (SSSR count). The van der Waals surface area contributed by atoms with Crippen molar-refractivity contribution in [2.45, 2.75) is 38.4 Å². The summed E-state index contributed by atoms with van der Waals surface area (Å²) in [4.78, 5) is 13.1. The Kier molecular flexibility index (Phi) is 5.73. The van der Waals surface area contributed by atoms with Gasteiger partial charge >= 0.3 is 0 Å². The van der Waals surface area contributed by atoms with Crippen LogP contribution in [0.1, 0.15) is 19.7 Å². The summed E-state index contributed by atoms with van der Waals surface area (Å²) < 4.78 is 28.3. The molecule has 0 radical (unpaired) electrons. The Bertz CT molecular complexity index is 1060. The molecule has 28 heavy (non-hydrogen) atoms. The molecule has 0 bridgehead atoms. The van der Waals surface area contributed by atoms with Gasteiger partial charge in [0.2, 0.25) is 16.0 Å². The zero-order valence-electron chi connectivity index (χ0n) is 15.8. The summed E-state index contributed by atoms with van der Waals surface area (Å²) in [7, 11) is -3.77. The van der Waals surface area contributed by atoms with Crippen molar-refractivity contribution in [2.24, 2.45) is 0 Å². The van der Waals surface area contributed by atoms with Crippen molar-refractivity contribution in [3.05, 3.63) is 48.5 Å². The van der Waals surface area contributed by atoms with Gasteiger partial charge in [-0.05, 0) is 51.1 Å². The summed E-state index contributed by atoms with van der Waals surface area (Å²) >= 11 is 0. The van der Waals surface area contributed by atoms with Crippen LogP contribution < -0.4 is 10.0 Å². The second-order valence-electron chi connectivity index (χ2n) is 6.15. The lowest BCUT2D eigenvalue weighted by Crippen LogP contribution is -2.32. The number of sulfonamides is 1. The van der Waals surface area contributed by atoms with Crippen LogP contribution >= 0.6 is 0 Å². The molecule has 0 spiro atoms. The van der Waals surface area contributed by atoms with Gasteiger partial charge < -0.3 is 15.0 Å². The monoisotopic (exact) mass is 402 g/mol. The first-order valence-corrected chi connectivity index (χ1v) is 10.2. The van der Waals surface area contributed by atoms with Gasteiger partial charge in [0.25, 0.3) is 0 Å². The molecule has 3 aromatic rings. The van der Waals surface area contributed by atoms with Crippen LogP contribution in [0.15, 0.2) is 47.6 Å². The first-order valence-electron chi connectivity index (χ1n) is 8.73. The maximum absolute atomic E-state index is 12.1. The highest BCUT2D eigenvalue weighted by Crippen LogP contribution is 2.21. The van der Waals surface area contributed by atoms with Crippen molar-refractivity contribution >= 4 is 21.7 Å². The number of imidazole rings is 1. The van der Waals surface area contributed by atoms with E-state index in [1.807, 2.05) is 19.9 Å². The van der Waals surface area contributed by atoms with Gasteiger partial charge in [-0.1, -0.05) is 0 Å². The van der Waals surface area contributed by atoms with E-state index in [0.717, 1.165) is 23.8 Å². The van der Waals surface area contributed by atoms with Crippen LogP contribution in [0.3, 0.4) is 0 Å². The lowest BCUT2D eigenvalue weighted by atomic mass is 10.3. The molecule has 0 fully saturated rings. The van der Waals surface area contributed by atoms with Crippen molar-refractivity contribution in [1.82, 2.24) is 24.2 Å². The van der Waals surface area contributed by atoms with Crippen molar-refractivity contribution < 1.29 is 13.5 Å². The molecular weight excluding hydrogens is 380 g/mol. The molecule has 148 valence electrons. The van der Waals surface area contributed by atoms with E-state index in [4.69, 9.17) is 0 Å². The standard InChI is InChI=1S/C18H22N6O3S/c1-4-24-12(2)20-11-17(24)16-9-10-19-18(22-16)21-14-5-7-15(8-6-14)28(26,27)23-13(3)25/h5-11,13,23,25H,4H2,1-3H3,(H,19,21,22). The first-order chi connectivity index (χ1) is 13.3. The van der Waals surface area contributed by atoms with Crippen LogP contribution in [0, 0.1) is 6.92 Å². The van der Waals surface area contributed by atoms with Gasteiger partial charge in [0.15, 0.2) is 0 Å². The van der Waals surface area contributed by atoms with Crippen LogP contribution in [0.4, 0.5) is 11.6 Å². The molecule has 9 nitrogen and oxygen atoms in total. The molecule has 0 aliphatic heterocycles. The average molecular weight is 402 g/mol. The fraction of sp³-hybridized carbons (Fsp3) is 0.278. The van der Waals surface area contributed by atoms with Crippen molar-refractivity contribution in [1.29, 1.82) is 0 Å². The minimum Gasteiger partial charge on any atom is -0.378 e. The molecule has 10 heteroatoms. The fourth-order valence-electron chi connectivity index (χ4n) is 2.77. The summed E-state index contributed by atoms with van der Waals surface area (Å²) in [6.07, 6.45) is 2.26. The van der Waals surface area contributed by atoms with E-state index in [1.54, 1.807) is 24.5 Å². The molecule has 1 unspecified atom stereocenters. The maximum Gasteiger partial charge on any atom is 0.242 e. The summed E-state index contributed by atoms with van der Waals surface area (Å²) in [5.74, 6) is 1.30.